The fourth-order valence-electron chi connectivity index (χ4n) is 1.78. The molecule has 6 heteroatoms. The molecule has 0 amide bonds. The molecule has 0 aromatic carbocycles. The average molecular weight is 229 g/mol. The van der Waals surface area contributed by atoms with Gasteiger partial charge < -0.3 is 4.57 Å². The smallest absolute Gasteiger partial charge is 0.213 e. The first kappa shape index (κ1) is 10.6. The summed E-state index contributed by atoms with van der Waals surface area (Å²) >= 11 is 0. The summed E-state index contributed by atoms with van der Waals surface area (Å²) in [5, 5.41) is 0. The lowest BCUT2D eigenvalue weighted by atomic mass is 10.2. The van der Waals surface area contributed by atoms with Gasteiger partial charge in [0.15, 0.2) is 0 Å². The van der Waals surface area contributed by atoms with Gasteiger partial charge in [-0.15, -0.1) is 0 Å². The highest BCUT2D eigenvalue weighted by atomic mass is 32.2. The van der Waals surface area contributed by atoms with E-state index in [4.69, 9.17) is 0 Å². The summed E-state index contributed by atoms with van der Waals surface area (Å²) in [6.07, 6.45) is 3.64. The van der Waals surface area contributed by atoms with E-state index in [-0.39, 0.29) is 11.8 Å². The van der Waals surface area contributed by atoms with Gasteiger partial charge in [-0.25, -0.2) is 13.4 Å². The van der Waals surface area contributed by atoms with Gasteiger partial charge in [0.05, 0.1) is 11.8 Å². The molecule has 0 saturated carbocycles. The molecular weight excluding hydrogens is 214 g/mol. The molecule has 1 aliphatic heterocycles. The Hall–Kier alpha value is -0.880. The summed E-state index contributed by atoms with van der Waals surface area (Å²) in [4.78, 5) is 4.12. The van der Waals surface area contributed by atoms with Crippen LogP contribution < -0.4 is 0 Å². The Morgan fingerprint density at radius 1 is 1.53 bits per heavy atom. The minimum atomic E-state index is -3.00. The van der Waals surface area contributed by atoms with E-state index in [1.54, 1.807) is 13.1 Å². The lowest BCUT2D eigenvalue weighted by molar-refractivity contribution is 0.202. The third-order valence-electron chi connectivity index (χ3n) is 2.84. The van der Waals surface area contributed by atoms with E-state index in [1.807, 2.05) is 17.7 Å². The van der Waals surface area contributed by atoms with Crippen LogP contribution in [0.4, 0.5) is 0 Å². The van der Waals surface area contributed by atoms with Gasteiger partial charge in [0, 0.05) is 25.5 Å². The maximum absolute atomic E-state index is 11.5. The number of hydrogen-bond donors (Lipinski definition) is 0. The van der Waals surface area contributed by atoms with Crippen LogP contribution in [0, 0.1) is 6.92 Å². The lowest BCUT2D eigenvalue weighted by Gasteiger charge is -2.38. The molecule has 2 rings (SSSR count). The Morgan fingerprint density at radius 2 is 2.20 bits per heavy atom. The molecule has 5 nitrogen and oxygen atoms in total. The first-order valence-electron chi connectivity index (χ1n) is 5.02. The minimum absolute atomic E-state index is 0.183. The van der Waals surface area contributed by atoms with Crippen LogP contribution in [0.2, 0.25) is 0 Å². The molecule has 84 valence electrons. The highest BCUT2D eigenvalue weighted by Gasteiger charge is 2.35. The molecular formula is C9H15N3O2S. The minimum Gasteiger partial charge on any atom is -0.329 e. The van der Waals surface area contributed by atoms with Crippen LogP contribution in [0.15, 0.2) is 12.4 Å². The van der Waals surface area contributed by atoms with Crippen molar-refractivity contribution in [3.8, 4) is 0 Å². The maximum atomic E-state index is 11.5. The number of rotatable bonds is 3. The summed E-state index contributed by atoms with van der Waals surface area (Å²) in [7, 11) is -3.00. The lowest BCUT2D eigenvalue weighted by Crippen LogP contribution is -2.51. The molecule has 1 saturated heterocycles. The molecule has 0 radical (unpaired) electrons. The summed E-state index contributed by atoms with van der Waals surface area (Å²) in [6, 6.07) is 0.258. The van der Waals surface area contributed by atoms with E-state index in [2.05, 4.69) is 4.98 Å². The van der Waals surface area contributed by atoms with Crippen LogP contribution in [-0.2, 0) is 10.0 Å². The third kappa shape index (κ3) is 1.79. The van der Waals surface area contributed by atoms with Gasteiger partial charge in [-0.05, 0) is 13.8 Å². The SMILES string of the molecule is CCS(=O)(=O)N1CC(n2ccnc2C)C1. The quantitative estimate of drug-likeness (QED) is 0.753. The van der Waals surface area contributed by atoms with Crippen LogP contribution in [-0.4, -0.2) is 41.1 Å². The van der Waals surface area contributed by atoms with Gasteiger partial charge >= 0.3 is 0 Å². The van der Waals surface area contributed by atoms with Crippen LogP contribution in [0.25, 0.3) is 0 Å². The zero-order valence-corrected chi connectivity index (χ0v) is 9.74. The first-order chi connectivity index (χ1) is 7.04. The number of sulfonamides is 1. The molecule has 0 unspecified atom stereocenters. The van der Waals surface area contributed by atoms with Crippen LogP contribution in [0.5, 0.6) is 0 Å². The maximum Gasteiger partial charge on any atom is 0.213 e. The number of aryl methyl sites for hydroxylation is 1. The van der Waals surface area contributed by atoms with Crippen molar-refractivity contribution in [2.45, 2.75) is 19.9 Å². The van der Waals surface area contributed by atoms with Gasteiger partial charge in [-0.3, -0.25) is 0 Å². The van der Waals surface area contributed by atoms with Crippen molar-refractivity contribution >= 4 is 10.0 Å². The van der Waals surface area contributed by atoms with Gasteiger partial charge in [-0.2, -0.15) is 4.31 Å². The number of hydrogen-bond acceptors (Lipinski definition) is 3. The monoisotopic (exact) mass is 229 g/mol. The van der Waals surface area contributed by atoms with Crippen molar-refractivity contribution in [1.82, 2.24) is 13.9 Å². The van der Waals surface area contributed by atoms with Gasteiger partial charge in [-0.1, -0.05) is 0 Å². The molecule has 1 fully saturated rings. The van der Waals surface area contributed by atoms with E-state index >= 15 is 0 Å². The Kier molecular flexibility index (Phi) is 2.56. The van der Waals surface area contributed by atoms with Crippen molar-refractivity contribution in [3.63, 3.8) is 0 Å². The van der Waals surface area contributed by atoms with E-state index in [1.165, 1.54) is 4.31 Å². The van der Waals surface area contributed by atoms with Crippen molar-refractivity contribution < 1.29 is 8.42 Å². The molecule has 15 heavy (non-hydrogen) atoms. The molecule has 0 atom stereocenters. The summed E-state index contributed by atoms with van der Waals surface area (Å²) in [6.45, 7) is 4.75. The molecule has 1 aliphatic rings. The van der Waals surface area contributed by atoms with E-state index in [0.717, 1.165) is 5.82 Å². The summed E-state index contributed by atoms with van der Waals surface area (Å²) < 4.78 is 26.5. The van der Waals surface area contributed by atoms with Crippen molar-refractivity contribution in [2.24, 2.45) is 0 Å². The fraction of sp³-hybridized carbons (Fsp3) is 0.667. The molecule has 0 bridgehead atoms. The third-order valence-corrected chi connectivity index (χ3v) is 4.66. The second kappa shape index (κ2) is 3.61. The largest absolute Gasteiger partial charge is 0.329 e. The van der Waals surface area contributed by atoms with Gasteiger partial charge in [0.25, 0.3) is 0 Å². The summed E-state index contributed by atoms with van der Waals surface area (Å²) in [5.74, 6) is 1.12. The first-order valence-corrected chi connectivity index (χ1v) is 6.62. The van der Waals surface area contributed by atoms with Crippen molar-refractivity contribution in [2.75, 3.05) is 18.8 Å². The van der Waals surface area contributed by atoms with E-state index in [9.17, 15) is 8.42 Å². The Balaban J connectivity index is 2.03. The van der Waals surface area contributed by atoms with Crippen molar-refractivity contribution in [3.05, 3.63) is 18.2 Å². The average Bonchev–Trinajstić information content (AvgIpc) is 2.49. The Morgan fingerprint density at radius 3 is 2.67 bits per heavy atom. The predicted octanol–water partition coefficient (Wildman–Crippen LogP) is 0.398. The number of aromatic nitrogens is 2. The summed E-state index contributed by atoms with van der Waals surface area (Å²) in [5.41, 5.74) is 0. The van der Waals surface area contributed by atoms with Crippen LogP contribution >= 0.6 is 0 Å². The van der Waals surface area contributed by atoms with E-state index < -0.39 is 10.0 Å². The van der Waals surface area contributed by atoms with Crippen LogP contribution in [0.1, 0.15) is 18.8 Å². The molecule has 0 spiro atoms. The molecule has 0 aliphatic carbocycles. The zero-order valence-electron chi connectivity index (χ0n) is 8.92. The zero-order chi connectivity index (χ0) is 11.1. The second-order valence-electron chi connectivity index (χ2n) is 3.75. The highest BCUT2D eigenvalue weighted by Crippen LogP contribution is 2.25. The van der Waals surface area contributed by atoms with Crippen molar-refractivity contribution in [1.29, 1.82) is 0 Å². The fourth-order valence-corrected chi connectivity index (χ4v) is 2.94. The van der Waals surface area contributed by atoms with Gasteiger partial charge in [0.2, 0.25) is 10.0 Å². The topological polar surface area (TPSA) is 55.2 Å². The molecule has 1 aromatic heterocycles. The number of imidazole rings is 1. The van der Waals surface area contributed by atoms with E-state index in [0.29, 0.717) is 13.1 Å². The second-order valence-corrected chi connectivity index (χ2v) is 6.01. The highest BCUT2D eigenvalue weighted by molar-refractivity contribution is 7.89. The molecule has 1 aromatic rings. The van der Waals surface area contributed by atoms with Gasteiger partial charge in [0.1, 0.15) is 5.82 Å². The molecule has 2 heterocycles. The number of nitrogens with zero attached hydrogens (tertiary/aromatic N) is 3. The Bertz CT molecular complexity index is 446. The predicted molar refractivity (Wildman–Crippen MR) is 57.0 cm³/mol. The standard InChI is InChI=1S/C9H15N3O2S/c1-3-15(13,14)11-6-9(7-11)12-5-4-10-8(12)2/h4-5,9H,3,6-7H2,1-2H3. The normalized spacial score (nSPS) is 19.1. The Labute approximate surface area is 89.8 Å². The van der Waals surface area contributed by atoms with Crippen LogP contribution in [0.3, 0.4) is 0 Å². The molecule has 0 N–H and O–H groups in total.